The molecular formula is C12H12BF4NO2. The molecule has 1 aromatic rings. The third-order valence-corrected chi connectivity index (χ3v) is 2.11. The van der Waals surface area contributed by atoms with Crippen LogP contribution < -0.4 is 10.8 Å². The second-order valence-electron chi connectivity index (χ2n) is 5.02. The van der Waals surface area contributed by atoms with Gasteiger partial charge in [0.05, 0.1) is 11.3 Å². The normalized spacial score (nSPS) is 12.2. The zero-order valence-electron chi connectivity index (χ0n) is 11.1. The minimum Gasteiger partial charge on any atom is -0.444 e. The SMILES string of the molecule is [B]c1ccc(C(F)(F)F)c(F)c1NC(=O)OC(C)(C)C. The summed E-state index contributed by atoms with van der Waals surface area (Å²) in [7, 11) is 5.37. The lowest BCUT2D eigenvalue weighted by Gasteiger charge is -2.21. The van der Waals surface area contributed by atoms with Crippen molar-refractivity contribution in [2.24, 2.45) is 0 Å². The van der Waals surface area contributed by atoms with Crippen molar-refractivity contribution in [2.75, 3.05) is 5.32 Å². The first kappa shape index (κ1) is 16.3. The summed E-state index contributed by atoms with van der Waals surface area (Å²) in [5, 5.41) is 1.89. The summed E-state index contributed by atoms with van der Waals surface area (Å²) in [6.07, 6.45) is -5.98. The van der Waals surface area contributed by atoms with E-state index in [0.29, 0.717) is 6.07 Å². The maximum absolute atomic E-state index is 13.8. The van der Waals surface area contributed by atoms with Crippen LogP contribution in [0.3, 0.4) is 0 Å². The largest absolute Gasteiger partial charge is 0.444 e. The van der Waals surface area contributed by atoms with Crippen LogP contribution in [0.15, 0.2) is 12.1 Å². The molecule has 0 atom stereocenters. The van der Waals surface area contributed by atoms with E-state index in [1.807, 2.05) is 5.32 Å². The van der Waals surface area contributed by atoms with Crippen molar-refractivity contribution in [3.8, 4) is 0 Å². The summed E-state index contributed by atoms with van der Waals surface area (Å²) in [4.78, 5) is 11.5. The number of carbonyl (C=O) groups is 1. The zero-order valence-corrected chi connectivity index (χ0v) is 11.1. The number of hydrogen-bond acceptors (Lipinski definition) is 2. The van der Waals surface area contributed by atoms with Gasteiger partial charge >= 0.3 is 12.3 Å². The summed E-state index contributed by atoms with van der Waals surface area (Å²) in [6.45, 7) is 4.66. The van der Waals surface area contributed by atoms with Gasteiger partial charge in [0.25, 0.3) is 0 Å². The van der Waals surface area contributed by atoms with E-state index in [2.05, 4.69) is 0 Å². The quantitative estimate of drug-likeness (QED) is 0.637. The second kappa shape index (κ2) is 5.34. The number of halogens is 4. The zero-order chi connectivity index (χ0) is 15.7. The van der Waals surface area contributed by atoms with Crippen molar-refractivity contribution in [3.05, 3.63) is 23.5 Å². The first-order valence-electron chi connectivity index (χ1n) is 5.57. The minimum absolute atomic E-state index is 0.332. The number of rotatable bonds is 1. The molecule has 3 nitrogen and oxygen atoms in total. The number of hydrogen-bond donors (Lipinski definition) is 1. The molecule has 0 aliphatic heterocycles. The second-order valence-corrected chi connectivity index (χ2v) is 5.02. The molecule has 1 rings (SSSR count). The van der Waals surface area contributed by atoms with Crippen LogP contribution in [0.25, 0.3) is 0 Å². The lowest BCUT2D eigenvalue weighted by Crippen LogP contribution is -2.30. The third kappa shape index (κ3) is 4.14. The summed E-state index contributed by atoms with van der Waals surface area (Å²) in [6, 6.07) is 1.36. The van der Waals surface area contributed by atoms with Crippen LogP contribution >= 0.6 is 0 Å². The summed E-state index contributed by atoms with van der Waals surface area (Å²) in [5.41, 5.74) is -3.48. The van der Waals surface area contributed by atoms with E-state index in [0.717, 1.165) is 6.07 Å². The smallest absolute Gasteiger partial charge is 0.419 e. The molecular weight excluding hydrogens is 277 g/mol. The van der Waals surface area contributed by atoms with Crippen LogP contribution in [0.2, 0.25) is 0 Å². The van der Waals surface area contributed by atoms with Crippen LogP contribution in [-0.4, -0.2) is 19.5 Å². The number of anilines is 1. The van der Waals surface area contributed by atoms with Gasteiger partial charge in [-0.15, -0.1) is 0 Å². The van der Waals surface area contributed by atoms with Gasteiger partial charge in [-0.05, 0) is 26.8 Å². The van der Waals surface area contributed by atoms with Crippen molar-refractivity contribution >= 4 is 25.1 Å². The van der Waals surface area contributed by atoms with Gasteiger partial charge in [-0.25, -0.2) is 9.18 Å². The Morgan fingerprint density at radius 2 is 1.80 bits per heavy atom. The first-order chi connectivity index (χ1) is 8.92. The van der Waals surface area contributed by atoms with Crippen LogP contribution in [0.4, 0.5) is 28.0 Å². The Kier molecular flexibility index (Phi) is 4.36. The van der Waals surface area contributed by atoms with E-state index in [1.54, 1.807) is 20.8 Å². The average Bonchev–Trinajstić information content (AvgIpc) is 2.19. The Labute approximate surface area is 114 Å². The van der Waals surface area contributed by atoms with Crippen molar-refractivity contribution in [3.63, 3.8) is 0 Å². The molecule has 0 fully saturated rings. The van der Waals surface area contributed by atoms with Gasteiger partial charge in [0.1, 0.15) is 13.4 Å². The highest BCUT2D eigenvalue weighted by Crippen LogP contribution is 2.33. The first-order valence-corrected chi connectivity index (χ1v) is 5.57. The molecule has 2 radical (unpaired) electrons. The van der Waals surface area contributed by atoms with Crippen LogP contribution in [0.1, 0.15) is 26.3 Å². The summed E-state index contributed by atoms with van der Waals surface area (Å²) in [5.74, 6) is -1.65. The van der Waals surface area contributed by atoms with Crippen molar-refractivity contribution in [1.82, 2.24) is 0 Å². The minimum atomic E-state index is -4.89. The fraction of sp³-hybridized carbons (Fsp3) is 0.417. The molecule has 0 unspecified atom stereocenters. The van der Waals surface area contributed by atoms with Crippen LogP contribution in [0.5, 0.6) is 0 Å². The highest BCUT2D eigenvalue weighted by molar-refractivity contribution is 6.36. The standard InChI is InChI=1S/C12H12BF4NO2/c1-11(2,3)20-10(19)18-9-7(13)5-4-6(8(9)14)12(15,16)17/h4-5H,1-3H3,(H,18,19). The molecule has 0 aliphatic carbocycles. The van der Waals surface area contributed by atoms with E-state index in [-0.39, 0.29) is 5.46 Å². The van der Waals surface area contributed by atoms with Crippen molar-refractivity contribution in [1.29, 1.82) is 0 Å². The highest BCUT2D eigenvalue weighted by Gasteiger charge is 2.35. The molecule has 0 aromatic heterocycles. The van der Waals surface area contributed by atoms with E-state index in [9.17, 15) is 22.4 Å². The van der Waals surface area contributed by atoms with Crippen molar-refractivity contribution in [2.45, 2.75) is 32.5 Å². The number of amides is 1. The Bertz CT molecular complexity index is 523. The van der Waals surface area contributed by atoms with Crippen LogP contribution in [0, 0.1) is 5.82 Å². The van der Waals surface area contributed by atoms with E-state index in [1.165, 1.54) is 0 Å². The van der Waals surface area contributed by atoms with Gasteiger partial charge in [0.15, 0.2) is 5.82 Å². The van der Waals surface area contributed by atoms with E-state index in [4.69, 9.17) is 12.6 Å². The monoisotopic (exact) mass is 289 g/mol. The van der Waals surface area contributed by atoms with E-state index >= 15 is 0 Å². The Hall–Kier alpha value is -1.73. The van der Waals surface area contributed by atoms with Crippen molar-refractivity contribution < 1.29 is 27.1 Å². The van der Waals surface area contributed by atoms with E-state index < -0.39 is 34.9 Å². The predicted molar refractivity (Wildman–Crippen MR) is 66.6 cm³/mol. The lowest BCUT2D eigenvalue weighted by atomic mass is 9.92. The Balaban J connectivity index is 3.10. The Morgan fingerprint density at radius 1 is 1.25 bits per heavy atom. The molecule has 0 saturated heterocycles. The molecule has 108 valence electrons. The topological polar surface area (TPSA) is 38.3 Å². The number of benzene rings is 1. The molecule has 20 heavy (non-hydrogen) atoms. The van der Waals surface area contributed by atoms with Gasteiger partial charge < -0.3 is 4.74 Å². The van der Waals surface area contributed by atoms with Gasteiger partial charge in [-0.2, -0.15) is 13.2 Å². The highest BCUT2D eigenvalue weighted by atomic mass is 19.4. The molecule has 0 saturated carbocycles. The van der Waals surface area contributed by atoms with Gasteiger partial charge in [0, 0.05) is 0 Å². The number of carbonyl (C=O) groups excluding carboxylic acids is 1. The molecule has 0 spiro atoms. The number of alkyl halides is 3. The van der Waals surface area contributed by atoms with Gasteiger partial charge in [0.2, 0.25) is 0 Å². The lowest BCUT2D eigenvalue weighted by molar-refractivity contribution is -0.139. The summed E-state index contributed by atoms with van der Waals surface area (Å²) < 4.78 is 56.2. The molecule has 1 N–H and O–H groups in total. The fourth-order valence-electron chi connectivity index (χ4n) is 1.34. The Morgan fingerprint density at radius 3 is 2.25 bits per heavy atom. The van der Waals surface area contributed by atoms with Gasteiger partial charge in [-0.1, -0.05) is 11.5 Å². The number of ether oxygens (including phenoxy) is 1. The third-order valence-electron chi connectivity index (χ3n) is 2.11. The average molecular weight is 289 g/mol. The predicted octanol–water partition coefficient (Wildman–Crippen LogP) is 2.99. The van der Waals surface area contributed by atoms with Gasteiger partial charge in [-0.3, -0.25) is 5.32 Å². The molecule has 0 heterocycles. The molecule has 1 aromatic carbocycles. The van der Waals surface area contributed by atoms with Crippen LogP contribution in [-0.2, 0) is 10.9 Å². The summed E-state index contributed by atoms with van der Waals surface area (Å²) >= 11 is 0. The molecule has 0 bridgehead atoms. The number of nitrogens with one attached hydrogen (secondary N) is 1. The molecule has 0 aliphatic rings. The fourth-order valence-corrected chi connectivity index (χ4v) is 1.34. The maximum Gasteiger partial charge on any atom is 0.419 e. The maximum atomic E-state index is 13.8. The molecule has 1 amide bonds. The molecule has 8 heteroatoms.